The van der Waals surface area contributed by atoms with E-state index >= 15 is 0 Å². The van der Waals surface area contributed by atoms with Gasteiger partial charge in [-0.05, 0) is 24.6 Å². The molecule has 1 unspecified atom stereocenters. The van der Waals surface area contributed by atoms with Crippen LogP contribution in [0.2, 0.25) is 0 Å². The van der Waals surface area contributed by atoms with E-state index in [9.17, 15) is 0 Å². The van der Waals surface area contributed by atoms with Gasteiger partial charge in [0, 0.05) is 27.3 Å². The van der Waals surface area contributed by atoms with Crippen molar-refractivity contribution in [1.82, 2.24) is 0 Å². The Morgan fingerprint density at radius 2 is 2.33 bits per heavy atom. The van der Waals surface area contributed by atoms with Crippen molar-refractivity contribution in [3.05, 3.63) is 40.4 Å². The summed E-state index contributed by atoms with van der Waals surface area (Å²) in [6, 6.07) is 8.19. The Balaban J connectivity index is 2.66. The van der Waals surface area contributed by atoms with Gasteiger partial charge in [-0.3, -0.25) is 0 Å². The van der Waals surface area contributed by atoms with Crippen molar-refractivity contribution < 1.29 is 0 Å². The first kappa shape index (κ1) is 12.9. The van der Waals surface area contributed by atoms with Gasteiger partial charge in [0.05, 0.1) is 0 Å². The van der Waals surface area contributed by atoms with Crippen LogP contribution in [-0.2, 0) is 0 Å². The largest absolute Gasteiger partial charge is 0.324 e. The number of thioether (sulfide) groups is 1. The molecular formula is C11H13Cl2NS. The van der Waals surface area contributed by atoms with Crippen molar-refractivity contribution in [1.29, 1.82) is 0 Å². The topological polar surface area (TPSA) is 26.0 Å². The van der Waals surface area contributed by atoms with Crippen molar-refractivity contribution >= 4 is 35.0 Å². The van der Waals surface area contributed by atoms with Crippen LogP contribution in [0, 0.1) is 0 Å². The highest BCUT2D eigenvalue weighted by atomic mass is 35.5. The molecule has 4 heteroatoms. The molecule has 1 aromatic rings. The molecule has 82 valence electrons. The third-order valence-electron chi connectivity index (χ3n) is 1.88. The summed E-state index contributed by atoms with van der Waals surface area (Å²) in [5.41, 5.74) is 8.32. The minimum absolute atomic E-state index is 0.0598. The molecule has 2 N–H and O–H groups in total. The molecule has 15 heavy (non-hydrogen) atoms. The summed E-state index contributed by atoms with van der Waals surface area (Å²) in [4.78, 5) is 1.15. The zero-order valence-corrected chi connectivity index (χ0v) is 10.7. The van der Waals surface area contributed by atoms with Crippen molar-refractivity contribution in [2.45, 2.75) is 17.9 Å². The van der Waals surface area contributed by atoms with E-state index in [-0.39, 0.29) is 6.04 Å². The summed E-state index contributed by atoms with van der Waals surface area (Å²) < 4.78 is 0. The third-order valence-corrected chi connectivity index (χ3v) is 3.70. The molecule has 1 rings (SSSR count). The minimum atomic E-state index is 0.0598. The smallest absolute Gasteiger partial charge is 0.0396 e. The third kappa shape index (κ3) is 4.47. The Labute approximate surface area is 105 Å². The van der Waals surface area contributed by atoms with Gasteiger partial charge in [-0.1, -0.05) is 35.3 Å². The second kappa shape index (κ2) is 6.44. The maximum Gasteiger partial charge on any atom is 0.0396 e. The van der Waals surface area contributed by atoms with Crippen LogP contribution in [0.1, 0.15) is 18.5 Å². The van der Waals surface area contributed by atoms with Crippen LogP contribution in [0.5, 0.6) is 0 Å². The van der Waals surface area contributed by atoms with Crippen LogP contribution in [0.15, 0.2) is 39.7 Å². The summed E-state index contributed by atoms with van der Waals surface area (Å²) >= 11 is 12.9. The van der Waals surface area contributed by atoms with Crippen molar-refractivity contribution in [3.63, 3.8) is 0 Å². The molecule has 1 atom stereocenters. The van der Waals surface area contributed by atoms with E-state index in [0.717, 1.165) is 10.5 Å². The number of nitrogens with two attached hydrogens (primary N) is 1. The predicted octanol–water partition coefficient (Wildman–Crippen LogP) is 4.12. The summed E-state index contributed by atoms with van der Waals surface area (Å²) in [6.45, 7) is 1.97. The first-order valence-corrected chi connectivity index (χ1v) is 6.36. The lowest BCUT2D eigenvalue weighted by atomic mass is 10.1. The average Bonchev–Trinajstić information content (AvgIpc) is 2.26. The Morgan fingerprint density at radius 3 is 2.93 bits per heavy atom. The quantitative estimate of drug-likeness (QED) is 0.826. The van der Waals surface area contributed by atoms with Crippen molar-refractivity contribution in [2.24, 2.45) is 5.73 Å². The molecule has 0 spiro atoms. The number of hydrogen-bond donors (Lipinski definition) is 1. The lowest BCUT2D eigenvalue weighted by Crippen LogP contribution is -2.04. The number of hydrogen-bond acceptors (Lipinski definition) is 2. The second-order valence-electron chi connectivity index (χ2n) is 3.21. The van der Waals surface area contributed by atoms with Crippen LogP contribution < -0.4 is 5.73 Å². The molecule has 0 aromatic heterocycles. The van der Waals surface area contributed by atoms with E-state index in [1.54, 1.807) is 11.8 Å². The van der Waals surface area contributed by atoms with Gasteiger partial charge >= 0.3 is 0 Å². The molecule has 0 aliphatic rings. The standard InChI is InChI=1S/C11H13Cl2NS/c1-8(14)9-3-2-4-11(5-9)15-7-10(13)6-12/h2-6,8H,7,14H2,1H3. The summed E-state index contributed by atoms with van der Waals surface area (Å²) in [7, 11) is 0. The maximum absolute atomic E-state index is 5.80. The molecule has 0 fully saturated rings. The first-order valence-electron chi connectivity index (χ1n) is 4.56. The van der Waals surface area contributed by atoms with Crippen molar-refractivity contribution in [2.75, 3.05) is 5.75 Å². The van der Waals surface area contributed by atoms with Gasteiger partial charge in [-0.2, -0.15) is 0 Å². The summed E-state index contributed by atoms with van der Waals surface area (Å²) in [5, 5.41) is 0.646. The van der Waals surface area contributed by atoms with E-state index in [1.165, 1.54) is 5.54 Å². The highest BCUT2D eigenvalue weighted by molar-refractivity contribution is 7.99. The number of rotatable bonds is 4. The minimum Gasteiger partial charge on any atom is -0.324 e. The zero-order valence-electron chi connectivity index (χ0n) is 8.41. The molecule has 1 nitrogen and oxygen atoms in total. The van der Waals surface area contributed by atoms with Gasteiger partial charge in [0.25, 0.3) is 0 Å². The predicted molar refractivity (Wildman–Crippen MR) is 69.6 cm³/mol. The van der Waals surface area contributed by atoms with Gasteiger partial charge < -0.3 is 5.73 Å². The second-order valence-corrected chi connectivity index (χ2v) is 4.96. The lowest BCUT2D eigenvalue weighted by Gasteiger charge is -2.07. The van der Waals surface area contributed by atoms with Crippen LogP contribution in [0.4, 0.5) is 0 Å². The van der Waals surface area contributed by atoms with Gasteiger partial charge in [0.1, 0.15) is 0 Å². The van der Waals surface area contributed by atoms with E-state index in [1.807, 2.05) is 25.1 Å². The molecular weight excluding hydrogens is 249 g/mol. The summed E-state index contributed by atoms with van der Waals surface area (Å²) in [5.74, 6) is 0.688. The fourth-order valence-electron chi connectivity index (χ4n) is 1.07. The van der Waals surface area contributed by atoms with Crippen LogP contribution in [0.3, 0.4) is 0 Å². The monoisotopic (exact) mass is 261 g/mol. The maximum atomic E-state index is 5.80. The van der Waals surface area contributed by atoms with E-state index < -0.39 is 0 Å². The Morgan fingerprint density at radius 1 is 1.60 bits per heavy atom. The molecule has 0 heterocycles. The Hall–Kier alpha value is -0.150. The highest BCUT2D eigenvalue weighted by Crippen LogP contribution is 2.24. The van der Waals surface area contributed by atoms with Crippen LogP contribution >= 0.6 is 35.0 Å². The first-order chi connectivity index (χ1) is 7.13. The molecule has 0 saturated heterocycles. The molecule has 0 radical (unpaired) electrons. The SMILES string of the molecule is CC(N)c1cccc(SCC(Cl)=CCl)c1. The lowest BCUT2D eigenvalue weighted by molar-refractivity contribution is 0.815. The van der Waals surface area contributed by atoms with Crippen LogP contribution in [-0.4, -0.2) is 5.75 Å². The zero-order chi connectivity index (χ0) is 11.3. The highest BCUT2D eigenvalue weighted by Gasteiger charge is 2.01. The van der Waals surface area contributed by atoms with Gasteiger partial charge in [0.2, 0.25) is 0 Å². The van der Waals surface area contributed by atoms with Gasteiger partial charge in [-0.15, -0.1) is 11.8 Å². The fourth-order valence-corrected chi connectivity index (χ4v) is 2.19. The summed E-state index contributed by atoms with van der Waals surface area (Å²) in [6.07, 6.45) is 0. The molecule has 1 aromatic carbocycles. The van der Waals surface area contributed by atoms with Crippen molar-refractivity contribution in [3.8, 4) is 0 Å². The van der Waals surface area contributed by atoms with Gasteiger partial charge in [-0.25, -0.2) is 0 Å². The fraction of sp³-hybridized carbons (Fsp3) is 0.273. The van der Waals surface area contributed by atoms with Crippen LogP contribution in [0.25, 0.3) is 0 Å². The normalized spacial score (nSPS) is 14.0. The molecule has 0 bridgehead atoms. The Kier molecular flexibility index (Phi) is 5.54. The number of halogens is 2. The van der Waals surface area contributed by atoms with Gasteiger partial charge in [0.15, 0.2) is 0 Å². The molecule has 0 aliphatic carbocycles. The molecule has 0 aliphatic heterocycles. The molecule has 0 saturated carbocycles. The van der Waals surface area contributed by atoms with E-state index in [4.69, 9.17) is 28.9 Å². The van der Waals surface area contributed by atoms with E-state index in [2.05, 4.69) is 6.07 Å². The molecule has 0 amide bonds. The van der Waals surface area contributed by atoms with E-state index in [0.29, 0.717) is 10.8 Å². The average molecular weight is 262 g/mol. The number of benzene rings is 1. The Bertz CT molecular complexity index is 350.